The molecule has 0 aromatic carbocycles. The molecule has 0 atom stereocenters. The molecule has 0 aromatic heterocycles. The molecular weight excluding hydrogens is 192 g/mol. The van der Waals surface area contributed by atoms with Gasteiger partial charge >= 0.3 is 6.98 Å². The number of rotatable bonds is 4. The van der Waals surface area contributed by atoms with Gasteiger partial charge in [0.15, 0.2) is 0 Å². The van der Waals surface area contributed by atoms with Gasteiger partial charge < -0.3 is 17.7 Å². The zero-order valence-electron chi connectivity index (χ0n) is 8.15. The van der Waals surface area contributed by atoms with Crippen LogP contribution in [0.25, 0.3) is 0 Å². The van der Waals surface area contributed by atoms with Gasteiger partial charge in [-0.25, -0.2) is 0 Å². The topological polar surface area (TPSA) is 9.23 Å². The monoisotopic (exact) mass is 207 g/mol. The fourth-order valence-electron chi connectivity index (χ4n) is 1.55. The molecule has 1 nitrogen and oxygen atoms in total. The highest BCUT2D eigenvalue weighted by Crippen LogP contribution is 2.23. The van der Waals surface area contributed by atoms with Crippen molar-refractivity contribution in [1.29, 1.82) is 0 Å². The van der Waals surface area contributed by atoms with Crippen molar-refractivity contribution in [3.63, 3.8) is 0 Å². The van der Waals surface area contributed by atoms with Gasteiger partial charge in [0.1, 0.15) is 0 Å². The second-order valence-electron chi connectivity index (χ2n) is 3.80. The summed E-state index contributed by atoms with van der Waals surface area (Å²) in [5.41, 5.74) is -0.726. The molecule has 14 heavy (non-hydrogen) atoms. The minimum absolute atomic E-state index is 0.0126. The number of halogens is 3. The summed E-state index contributed by atoms with van der Waals surface area (Å²) in [6.45, 7) is -2.28. The van der Waals surface area contributed by atoms with E-state index in [0.29, 0.717) is 0 Å². The van der Waals surface area contributed by atoms with Crippen molar-refractivity contribution in [2.45, 2.75) is 38.2 Å². The van der Waals surface area contributed by atoms with Crippen LogP contribution in [0.1, 0.15) is 32.1 Å². The summed E-state index contributed by atoms with van der Waals surface area (Å²) >= 11 is 0. The number of hydrogen-bond acceptors (Lipinski definition) is 1. The number of ether oxygens (including phenoxy) is 1. The first kappa shape index (κ1) is 11.6. The molecule has 1 aliphatic carbocycles. The SMILES string of the molecule is C=C(COC1CCCCC1)[B-](F)(F)F. The third-order valence-corrected chi connectivity index (χ3v) is 2.52. The lowest BCUT2D eigenvalue weighted by Crippen LogP contribution is -2.25. The highest BCUT2D eigenvalue weighted by atomic mass is 19.4. The van der Waals surface area contributed by atoms with Crippen LogP contribution in [-0.2, 0) is 4.74 Å². The summed E-state index contributed by atoms with van der Waals surface area (Å²) in [6, 6.07) is 0. The maximum absolute atomic E-state index is 12.1. The van der Waals surface area contributed by atoms with Crippen LogP contribution in [0.3, 0.4) is 0 Å². The van der Waals surface area contributed by atoms with E-state index in [1.54, 1.807) is 0 Å². The average Bonchev–Trinajstić information content (AvgIpc) is 2.14. The normalized spacial score (nSPS) is 19.6. The van der Waals surface area contributed by atoms with E-state index in [4.69, 9.17) is 4.74 Å². The third kappa shape index (κ3) is 3.74. The first-order chi connectivity index (χ1) is 6.50. The molecule has 0 unspecified atom stereocenters. The van der Waals surface area contributed by atoms with E-state index < -0.39 is 12.4 Å². The summed E-state index contributed by atoms with van der Waals surface area (Å²) in [5.74, 6) is 0. The molecular formula is C9H15BF3O-. The Morgan fingerprint density at radius 2 is 1.79 bits per heavy atom. The summed E-state index contributed by atoms with van der Waals surface area (Å²) in [4.78, 5) is 0. The summed E-state index contributed by atoms with van der Waals surface area (Å²) in [6.07, 6.45) is 5.08. The Morgan fingerprint density at radius 3 is 2.29 bits per heavy atom. The van der Waals surface area contributed by atoms with Gasteiger partial charge in [-0.1, -0.05) is 19.3 Å². The molecule has 0 radical (unpaired) electrons. The van der Waals surface area contributed by atoms with Gasteiger partial charge in [0.25, 0.3) is 0 Å². The Morgan fingerprint density at radius 1 is 1.21 bits per heavy atom. The standard InChI is InChI=1S/C9H15BF3O/c1-8(10(11,12)13)7-14-9-5-3-2-4-6-9/h9H,1-7H2/q-1. The van der Waals surface area contributed by atoms with Gasteiger partial charge in [0.2, 0.25) is 0 Å². The van der Waals surface area contributed by atoms with Crippen molar-refractivity contribution in [3.8, 4) is 0 Å². The molecule has 82 valence electrons. The Bertz CT molecular complexity index is 197. The van der Waals surface area contributed by atoms with Crippen LogP contribution in [0.15, 0.2) is 12.1 Å². The van der Waals surface area contributed by atoms with Crippen LogP contribution < -0.4 is 0 Å². The lowest BCUT2D eigenvalue weighted by atomic mass is 9.81. The minimum Gasteiger partial charge on any atom is -0.445 e. The van der Waals surface area contributed by atoms with Gasteiger partial charge in [-0.05, 0) is 12.8 Å². The number of hydrogen-bond donors (Lipinski definition) is 0. The molecule has 0 heterocycles. The third-order valence-electron chi connectivity index (χ3n) is 2.52. The summed E-state index contributed by atoms with van der Waals surface area (Å²) in [7, 11) is 0. The van der Waals surface area contributed by atoms with Gasteiger partial charge in [0.05, 0.1) is 6.10 Å². The molecule has 5 heteroatoms. The molecule has 1 rings (SSSR count). The highest BCUT2D eigenvalue weighted by molar-refractivity contribution is 6.66. The minimum atomic E-state index is -4.92. The molecule has 0 saturated heterocycles. The summed E-state index contributed by atoms with van der Waals surface area (Å²) in [5, 5.41) is 0. The van der Waals surface area contributed by atoms with Gasteiger partial charge in [-0.15, -0.1) is 12.1 Å². The Balaban J connectivity index is 2.22. The molecule has 0 aromatic rings. The van der Waals surface area contributed by atoms with Crippen LogP contribution in [0.4, 0.5) is 12.9 Å². The van der Waals surface area contributed by atoms with Crippen LogP contribution in [-0.4, -0.2) is 19.7 Å². The fraction of sp³-hybridized carbons (Fsp3) is 0.778. The Kier molecular flexibility index (Phi) is 4.04. The second kappa shape index (κ2) is 4.87. The second-order valence-corrected chi connectivity index (χ2v) is 3.80. The largest absolute Gasteiger partial charge is 0.507 e. The van der Waals surface area contributed by atoms with E-state index in [0.717, 1.165) is 25.7 Å². The Labute approximate surface area is 82.4 Å². The van der Waals surface area contributed by atoms with E-state index in [2.05, 4.69) is 6.58 Å². The lowest BCUT2D eigenvalue weighted by Gasteiger charge is -2.25. The van der Waals surface area contributed by atoms with Gasteiger partial charge in [-0.3, -0.25) is 0 Å². The van der Waals surface area contributed by atoms with E-state index in [9.17, 15) is 12.9 Å². The predicted molar refractivity (Wildman–Crippen MR) is 51.0 cm³/mol. The van der Waals surface area contributed by atoms with Gasteiger partial charge in [-0.2, -0.15) is 0 Å². The molecule has 0 amide bonds. The zero-order valence-corrected chi connectivity index (χ0v) is 8.15. The van der Waals surface area contributed by atoms with Crippen molar-refractivity contribution >= 4 is 6.98 Å². The molecule has 0 spiro atoms. The molecule has 1 saturated carbocycles. The van der Waals surface area contributed by atoms with Crippen molar-refractivity contribution in [3.05, 3.63) is 12.1 Å². The van der Waals surface area contributed by atoms with Crippen LogP contribution in [0.2, 0.25) is 0 Å². The van der Waals surface area contributed by atoms with E-state index in [1.807, 2.05) is 0 Å². The fourth-order valence-corrected chi connectivity index (χ4v) is 1.55. The zero-order chi connectivity index (χ0) is 10.6. The van der Waals surface area contributed by atoms with E-state index in [-0.39, 0.29) is 12.7 Å². The van der Waals surface area contributed by atoms with Crippen molar-refractivity contribution in [2.24, 2.45) is 0 Å². The smallest absolute Gasteiger partial charge is 0.445 e. The lowest BCUT2D eigenvalue weighted by molar-refractivity contribution is 0.0436. The van der Waals surface area contributed by atoms with Crippen LogP contribution in [0.5, 0.6) is 0 Å². The molecule has 0 aliphatic heterocycles. The average molecular weight is 207 g/mol. The highest BCUT2D eigenvalue weighted by Gasteiger charge is 2.27. The van der Waals surface area contributed by atoms with Crippen molar-refractivity contribution in [2.75, 3.05) is 6.61 Å². The Hall–Kier alpha value is -0.445. The first-order valence-corrected chi connectivity index (χ1v) is 4.99. The first-order valence-electron chi connectivity index (χ1n) is 4.99. The maximum atomic E-state index is 12.1. The summed E-state index contributed by atoms with van der Waals surface area (Å²) < 4.78 is 41.4. The van der Waals surface area contributed by atoms with Crippen LogP contribution in [0, 0.1) is 0 Å². The van der Waals surface area contributed by atoms with Crippen molar-refractivity contribution < 1.29 is 17.7 Å². The predicted octanol–water partition coefficient (Wildman–Crippen LogP) is 3.28. The van der Waals surface area contributed by atoms with E-state index in [1.165, 1.54) is 6.42 Å². The van der Waals surface area contributed by atoms with E-state index >= 15 is 0 Å². The molecule has 0 N–H and O–H groups in total. The molecule has 1 fully saturated rings. The van der Waals surface area contributed by atoms with Crippen molar-refractivity contribution in [1.82, 2.24) is 0 Å². The maximum Gasteiger partial charge on any atom is 0.507 e. The molecule has 1 aliphatic rings. The molecule has 0 bridgehead atoms. The quantitative estimate of drug-likeness (QED) is 0.642. The van der Waals surface area contributed by atoms with Gasteiger partial charge in [0, 0.05) is 6.61 Å². The van der Waals surface area contributed by atoms with Crippen LogP contribution >= 0.6 is 0 Å².